The van der Waals surface area contributed by atoms with Crippen LogP contribution in [0.25, 0.3) is 0 Å². The van der Waals surface area contributed by atoms with E-state index in [0.29, 0.717) is 17.4 Å². The molecule has 0 aliphatic rings. The van der Waals surface area contributed by atoms with Crippen LogP contribution in [0.2, 0.25) is 5.02 Å². The molecule has 2 heterocycles. The standard InChI is InChI=1S/C12H14ClN5O/c1-18(11-3-2-10(13)7-14-11)8-12(19)15-4-9-5-16-17-6-9/h2-3,5-7H,4,8H2,1H3,(H,15,19)(H,16,17). The van der Waals surface area contributed by atoms with Crippen LogP contribution >= 0.6 is 11.6 Å². The molecule has 0 bridgehead atoms. The summed E-state index contributed by atoms with van der Waals surface area (Å²) in [7, 11) is 1.80. The van der Waals surface area contributed by atoms with Crippen molar-refractivity contribution >= 4 is 23.3 Å². The first kappa shape index (κ1) is 13.4. The maximum Gasteiger partial charge on any atom is 0.239 e. The molecular weight excluding hydrogens is 266 g/mol. The molecule has 2 aromatic heterocycles. The molecule has 0 aromatic carbocycles. The topological polar surface area (TPSA) is 73.9 Å². The monoisotopic (exact) mass is 279 g/mol. The molecule has 2 N–H and O–H groups in total. The number of carbonyl (C=O) groups is 1. The van der Waals surface area contributed by atoms with Crippen molar-refractivity contribution in [3.63, 3.8) is 0 Å². The van der Waals surface area contributed by atoms with E-state index in [0.717, 1.165) is 5.56 Å². The minimum Gasteiger partial charge on any atom is -0.350 e. The van der Waals surface area contributed by atoms with E-state index in [1.165, 1.54) is 0 Å². The second-order valence-electron chi connectivity index (χ2n) is 4.07. The number of rotatable bonds is 5. The molecule has 0 radical (unpaired) electrons. The van der Waals surface area contributed by atoms with Gasteiger partial charge < -0.3 is 10.2 Å². The van der Waals surface area contributed by atoms with E-state index >= 15 is 0 Å². The van der Waals surface area contributed by atoms with E-state index in [1.807, 2.05) is 0 Å². The van der Waals surface area contributed by atoms with Crippen molar-refractivity contribution in [2.75, 3.05) is 18.5 Å². The van der Waals surface area contributed by atoms with Crippen molar-refractivity contribution in [1.82, 2.24) is 20.5 Å². The van der Waals surface area contributed by atoms with E-state index in [9.17, 15) is 4.79 Å². The zero-order valence-corrected chi connectivity index (χ0v) is 11.2. The fourth-order valence-corrected chi connectivity index (χ4v) is 1.63. The first-order chi connectivity index (χ1) is 9.15. The van der Waals surface area contributed by atoms with Crippen LogP contribution in [0.4, 0.5) is 5.82 Å². The number of anilines is 1. The smallest absolute Gasteiger partial charge is 0.239 e. The summed E-state index contributed by atoms with van der Waals surface area (Å²) in [5, 5.41) is 9.87. The number of amides is 1. The van der Waals surface area contributed by atoms with Crippen LogP contribution in [-0.2, 0) is 11.3 Å². The van der Waals surface area contributed by atoms with Gasteiger partial charge in [0.25, 0.3) is 0 Å². The van der Waals surface area contributed by atoms with Crippen molar-refractivity contribution in [3.8, 4) is 0 Å². The van der Waals surface area contributed by atoms with Crippen molar-refractivity contribution < 1.29 is 4.79 Å². The molecule has 1 amide bonds. The van der Waals surface area contributed by atoms with Gasteiger partial charge in [-0.05, 0) is 12.1 Å². The Labute approximate surface area is 115 Å². The number of nitrogens with zero attached hydrogens (tertiary/aromatic N) is 3. The maximum atomic E-state index is 11.8. The van der Waals surface area contributed by atoms with Crippen molar-refractivity contribution in [2.45, 2.75) is 6.54 Å². The Morgan fingerprint density at radius 3 is 2.95 bits per heavy atom. The minimum absolute atomic E-state index is 0.0829. The third-order valence-electron chi connectivity index (χ3n) is 2.53. The first-order valence-corrected chi connectivity index (χ1v) is 6.10. The Balaban J connectivity index is 1.83. The predicted molar refractivity (Wildman–Crippen MR) is 73.0 cm³/mol. The highest BCUT2D eigenvalue weighted by molar-refractivity contribution is 6.30. The Hall–Kier alpha value is -2.08. The van der Waals surface area contributed by atoms with Crippen LogP contribution in [0.15, 0.2) is 30.7 Å². The summed E-state index contributed by atoms with van der Waals surface area (Å²) < 4.78 is 0. The van der Waals surface area contributed by atoms with Crippen LogP contribution in [0.1, 0.15) is 5.56 Å². The van der Waals surface area contributed by atoms with Gasteiger partial charge in [0.05, 0.1) is 17.8 Å². The third-order valence-corrected chi connectivity index (χ3v) is 2.75. The van der Waals surface area contributed by atoms with E-state index in [2.05, 4.69) is 20.5 Å². The number of H-pyrrole nitrogens is 1. The van der Waals surface area contributed by atoms with Gasteiger partial charge in [0.1, 0.15) is 5.82 Å². The molecule has 2 rings (SSSR count). The predicted octanol–water partition coefficient (Wildman–Crippen LogP) is 1.21. The van der Waals surface area contributed by atoms with Crippen LogP contribution in [0, 0.1) is 0 Å². The van der Waals surface area contributed by atoms with Crippen molar-refractivity contribution in [2.24, 2.45) is 0 Å². The van der Waals surface area contributed by atoms with Gasteiger partial charge in [0.2, 0.25) is 5.91 Å². The summed E-state index contributed by atoms with van der Waals surface area (Å²) in [5.41, 5.74) is 0.931. The number of aromatic amines is 1. The van der Waals surface area contributed by atoms with E-state index in [-0.39, 0.29) is 12.5 Å². The fraction of sp³-hybridized carbons (Fsp3) is 0.250. The zero-order chi connectivity index (χ0) is 13.7. The van der Waals surface area contributed by atoms with Gasteiger partial charge in [0, 0.05) is 31.5 Å². The summed E-state index contributed by atoms with van der Waals surface area (Å²) in [6.45, 7) is 0.684. The number of hydrogen-bond donors (Lipinski definition) is 2. The zero-order valence-electron chi connectivity index (χ0n) is 10.4. The van der Waals surface area contributed by atoms with Crippen LogP contribution in [-0.4, -0.2) is 34.7 Å². The highest BCUT2D eigenvalue weighted by atomic mass is 35.5. The highest BCUT2D eigenvalue weighted by Gasteiger charge is 2.08. The lowest BCUT2D eigenvalue weighted by Gasteiger charge is -2.17. The van der Waals surface area contributed by atoms with E-state index in [4.69, 9.17) is 11.6 Å². The lowest BCUT2D eigenvalue weighted by atomic mass is 10.3. The summed E-state index contributed by atoms with van der Waals surface area (Å²) in [5.74, 6) is 0.614. The first-order valence-electron chi connectivity index (χ1n) is 5.72. The van der Waals surface area contributed by atoms with Crippen LogP contribution in [0.3, 0.4) is 0 Å². The van der Waals surface area contributed by atoms with Crippen LogP contribution < -0.4 is 10.2 Å². The molecule has 0 atom stereocenters. The second-order valence-corrected chi connectivity index (χ2v) is 4.51. The number of nitrogens with one attached hydrogen (secondary N) is 2. The molecular formula is C12H14ClN5O. The number of pyridine rings is 1. The molecule has 7 heteroatoms. The number of likely N-dealkylation sites (N-methyl/N-ethyl adjacent to an activating group) is 1. The average Bonchev–Trinajstić information content (AvgIpc) is 2.90. The molecule has 0 unspecified atom stereocenters. The normalized spacial score (nSPS) is 10.2. The lowest BCUT2D eigenvalue weighted by Crippen LogP contribution is -2.35. The lowest BCUT2D eigenvalue weighted by molar-refractivity contribution is -0.119. The maximum absolute atomic E-state index is 11.8. The largest absolute Gasteiger partial charge is 0.350 e. The van der Waals surface area contributed by atoms with E-state index in [1.54, 1.807) is 42.7 Å². The molecule has 19 heavy (non-hydrogen) atoms. The summed E-state index contributed by atoms with van der Waals surface area (Å²) in [6.07, 6.45) is 4.96. The molecule has 0 spiro atoms. The minimum atomic E-state index is -0.0829. The number of carbonyl (C=O) groups excluding carboxylic acids is 1. The summed E-state index contributed by atoms with van der Waals surface area (Å²) in [4.78, 5) is 17.6. The molecule has 6 nitrogen and oxygen atoms in total. The van der Waals surface area contributed by atoms with Crippen molar-refractivity contribution in [1.29, 1.82) is 0 Å². The third kappa shape index (κ3) is 3.96. The van der Waals surface area contributed by atoms with Gasteiger partial charge in [-0.1, -0.05) is 11.6 Å². The Bertz CT molecular complexity index is 526. The molecule has 0 saturated heterocycles. The van der Waals surface area contributed by atoms with Gasteiger partial charge in [-0.25, -0.2) is 4.98 Å². The molecule has 0 aliphatic carbocycles. The van der Waals surface area contributed by atoms with Gasteiger partial charge in [-0.2, -0.15) is 5.10 Å². The highest BCUT2D eigenvalue weighted by Crippen LogP contribution is 2.12. The Kier molecular flexibility index (Phi) is 4.35. The van der Waals surface area contributed by atoms with Crippen molar-refractivity contribution in [3.05, 3.63) is 41.3 Å². The molecule has 0 aliphatic heterocycles. The number of hydrogen-bond acceptors (Lipinski definition) is 4. The van der Waals surface area contributed by atoms with Gasteiger partial charge >= 0.3 is 0 Å². The van der Waals surface area contributed by atoms with Gasteiger partial charge in [-0.15, -0.1) is 0 Å². The van der Waals surface area contributed by atoms with Gasteiger partial charge in [0.15, 0.2) is 0 Å². The second kappa shape index (κ2) is 6.19. The number of aromatic nitrogens is 3. The summed E-state index contributed by atoms with van der Waals surface area (Å²) in [6, 6.07) is 3.51. The average molecular weight is 280 g/mol. The fourth-order valence-electron chi connectivity index (χ4n) is 1.52. The summed E-state index contributed by atoms with van der Waals surface area (Å²) >= 11 is 5.76. The quantitative estimate of drug-likeness (QED) is 0.863. The van der Waals surface area contributed by atoms with Gasteiger partial charge in [-0.3, -0.25) is 9.89 Å². The molecule has 2 aromatic rings. The van der Waals surface area contributed by atoms with E-state index < -0.39 is 0 Å². The van der Waals surface area contributed by atoms with Crippen LogP contribution in [0.5, 0.6) is 0 Å². The Morgan fingerprint density at radius 1 is 1.47 bits per heavy atom. The number of halogens is 1. The molecule has 0 saturated carbocycles. The SMILES string of the molecule is CN(CC(=O)NCc1cn[nH]c1)c1ccc(Cl)cn1. The molecule has 0 fully saturated rings. The Morgan fingerprint density at radius 2 is 2.32 bits per heavy atom. The molecule has 100 valence electrons.